The van der Waals surface area contributed by atoms with Gasteiger partial charge in [-0.1, -0.05) is 6.07 Å². The van der Waals surface area contributed by atoms with Crippen LogP contribution in [0.4, 0.5) is 5.69 Å². The van der Waals surface area contributed by atoms with Crippen LogP contribution in [0.3, 0.4) is 0 Å². The van der Waals surface area contributed by atoms with E-state index in [0.29, 0.717) is 11.4 Å². The maximum absolute atomic E-state index is 12.2. The van der Waals surface area contributed by atoms with Crippen LogP contribution in [0.1, 0.15) is 35.5 Å². The van der Waals surface area contributed by atoms with E-state index in [9.17, 15) is 9.59 Å². The summed E-state index contributed by atoms with van der Waals surface area (Å²) >= 11 is 0. The molecule has 0 saturated heterocycles. The van der Waals surface area contributed by atoms with E-state index in [0.717, 1.165) is 11.3 Å². The van der Waals surface area contributed by atoms with Gasteiger partial charge in [0.2, 0.25) is 5.91 Å². The first-order valence-electron chi connectivity index (χ1n) is 7.60. The van der Waals surface area contributed by atoms with Crippen LogP contribution in [0.2, 0.25) is 0 Å². The number of rotatable bonds is 6. The zero-order chi connectivity index (χ0) is 17.7. The first-order chi connectivity index (χ1) is 11.3. The van der Waals surface area contributed by atoms with Crippen molar-refractivity contribution in [2.45, 2.75) is 33.3 Å². The van der Waals surface area contributed by atoms with Crippen molar-refractivity contribution >= 4 is 17.6 Å². The van der Waals surface area contributed by atoms with Crippen LogP contribution >= 0.6 is 0 Å². The van der Waals surface area contributed by atoms with Crippen molar-refractivity contribution in [2.75, 3.05) is 5.32 Å². The molecule has 0 saturated carbocycles. The summed E-state index contributed by atoms with van der Waals surface area (Å²) in [4.78, 5) is 27.5. The minimum Gasteiger partial charge on any atom is -0.489 e. The van der Waals surface area contributed by atoms with Gasteiger partial charge in [0.05, 0.1) is 23.8 Å². The fourth-order valence-electron chi connectivity index (χ4n) is 2.10. The van der Waals surface area contributed by atoms with E-state index in [4.69, 9.17) is 9.84 Å². The second-order valence-electron chi connectivity index (χ2n) is 5.72. The number of nitrogens with zero attached hydrogens (tertiary/aromatic N) is 1. The highest BCUT2D eigenvalue weighted by Crippen LogP contribution is 2.27. The van der Waals surface area contributed by atoms with E-state index >= 15 is 0 Å². The van der Waals surface area contributed by atoms with Gasteiger partial charge in [-0.3, -0.25) is 9.78 Å². The summed E-state index contributed by atoms with van der Waals surface area (Å²) in [6.07, 6.45) is 1.69. The van der Waals surface area contributed by atoms with Gasteiger partial charge in [-0.2, -0.15) is 0 Å². The van der Waals surface area contributed by atoms with E-state index in [1.54, 1.807) is 12.3 Å². The molecule has 0 aliphatic heterocycles. The number of amides is 1. The van der Waals surface area contributed by atoms with E-state index in [-0.39, 0.29) is 24.0 Å². The van der Waals surface area contributed by atoms with Crippen LogP contribution in [0, 0.1) is 6.92 Å². The molecule has 0 radical (unpaired) electrons. The second kappa shape index (κ2) is 7.59. The van der Waals surface area contributed by atoms with Gasteiger partial charge in [0, 0.05) is 11.9 Å². The summed E-state index contributed by atoms with van der Waals surface area (Å²) in [5, 5.41) is 11.8. The summed E-state index contributed by atoms with van der Waals surface area (Å²) in [5.41, 5.74) is 2.08. The molecule has 0 atom stereocenters. The maximum Gasteiger partial charge on any atom is 0.335 e. The number of hydrogen-bond donors (Lipinski definition) is 2. The normalized spacial score (nSPS) is 10.5. The Hall–Kier alpha value is -2.89. The summed E-state index contributed by atoms with van der Waals surface area (Å²) < 4.78 is 5.63. The molecule has 6 heteroatoms. The Labute approximate surface area is 140 Å². The van der Waals surface area contributed by atoms with Crippen molar-refractivity contribution in [3.63, 3.8) is 0 Å². The molecule has 1 aromatic carbocycles. The molecule has 2 N–H and O–H groups in total. The standard InChI is InChI=1S/C18H20N2O4/c1-11(2)24-16-7-6-14(18(22)23)9-15(16)20-17(21)8-13-5-4-12(3)19-10-13/h4-7,9-11H,8H2,1-3H3,(H,20,21)(H,22,23). The third kappa shape index (κ3) is 4.81. The smallest absolute Gasteiger partial charge is 0.335 e. The molecular formula is C18H20N2O4. The van der Waals surface area contributed by atoms with Gasteiger partial charge in [-0.05, 0) is 50.6 Å². The number of carbonyl (C=O) groups is 2. The van der Waals surface area contributed by atoms with Crippen LogP contribution in [-0.4, -0.2) is 28.1 Å². The minimum absolute atomic E-state index is 0.0819. The number of aromatic carboxylic acids is 1. The highest BCUT2D eigenvalue weighted by atomic mass is 16.5. The number of nitrogens with one attached hydrogen (secondary N) is 1. The van der Waals surface area contributed by atoms with Gasteiger partial charge in [0.25, 0.3) is 0 Å². The molecule has 126 valence electrons. The van der Waals surface area contributed by atoms with Crippen molar-refractivity contribution in [3.8, 4) is 5.75 Å². The van der Waals surface area contributed by atoms with Crippen LogP contribution in [0.25, 0.3) is 0 Å². The van der Waals surface area contributed by atoms with Crippen molar-refractivity contribution in [3.05, 3.63) is 53.3 Å². The molecule has 6 nitrogen and oxygen atoms in total. The number of pyridine rings is 1. The third-order valence-electron chi connectivity index (χ3n) is 3.20. The van der Waals surface area contributed by atoms with Crippen molar-refractivity contribution in [1.82, 2.24) is 4.98 Å². The fraction of sp³-hybridized carbons (Fsp3) is 0.278. The fourth-order valence-corrected chi connectivity index (χ4v) is 2.10. The number of carboxylic acid groups (broad SMARTS) is 1. The Morgan fingerprint density at radius 1 is 1.25 bits per heavy atom. The lowest BCUT2D eigenvalue weighted by Gasteiger charge is -2.15. The average Bonchev–Trinajstić information content (AvgIpc) is 2.50. The van der Waals surface area contributed by atoms with E-state index in [1.165, 1.54) is 12.1 Å². The van der Waals surface area contributed by atoms with E-state index < -0.39 is 5.97 Å². The predicted octanol–water partition coefficient (Wildman–Crippen LogP) is 3.06. The molecule has 0 unspecified atom stereocenters. The van der Waals surface area contributed by atoms with Gasteiger partial charge in [-0.25, -0.2) is 4.79 Å². The van der Waals surface area contributed by atoms with Crippen LogP contribution < -0.4 is 10.1 Å². The Morgan fingerprint density at radius 2 is 2.00 bits per heavy atom. The van der Waals surface area contributed by atoms with Crippen molar-refractivity contribution in [2.24, 2.45) is 0 Å². The lowest BCUT2D eigenvalue weighted by Crippen LogP contribution is -2.17. The predicted molar refractivity (Wildman–Crippen MR) is 90.5 cm³/mol. The lowest BCUT2D eigenvalue weighted by atomic mass is 10.1. The SMILES string of the molecule is Cc1ccc(CC(=O)Nc2cc(C(=O)O)ccc2OC(C)C)cn1. The number of ether oxygens (including phenoxy) is 1. The number of hydrogen-bond acceptors (Lipinski definition) is 4. The van der Waals surface area contributed by atoms with Crippen LogP contribution in [0.15, 0.2) is 36.5 Å². The molecule has 0 bridgehead atoms. The highest BCUT2D eigenvalue weighted by molar-refractivity contribution is 5.96. The highest BCUT2D eigenvalue weighted by Gasteiger charge is 2.13. The molecular weight excluding hydrogens is 308 g/mol. The summed E-state index contributed by atoms with van der Waals surface area (Å²) in [7, 11) is 0. The van der Waals surface area contributed by atoms with E-state index in [1.807, 2.05) is 32.9 Å². The number of aryl methyl sites for hydroxylation is 1. The molecule has 0 spiro atoms. The molecule has 2 rings (SSSR count). The quantitative estimate of drug-likeness (QED) is 0.851. The Kier molecular flexibility index (Phi) is 5.52. The Bertz CT molecular complexity index is 739. The Morgan fingerprint density at radius 3 is 2.58 bits per heavy atom. The maximum atomic E-state index is 12.2. The number of benzene rings is 1. The largest absolute Gasteiger partial charge is 0.489 e. The number of carboxylic acids is 1. The summed E-state index contributed by atoms with van der Waals surface area (Å²) in [6.45, 7) is 5.58. The van der Waals surface area contributed by atoms with Crippen molar-refractivity contribution in [1.29, 1.82) is 0 Å². The number of aromatic nitrogens is 1. The van der Waals surface area contributed by atoms with Gasteiger partial charge in [-0.15, -0.1) is 0 Å². The van der Waals surface area contributed by atoms with Crippen molar-refractivity contribution < 1.29 is 19.4 Å². The summed E-state index contributed by atoms with van der Waals surface area (Å²) in [6, 6.07) is 8.06. The molecule has 24 heavy (non-hydrogen) atoms. The second-order valence-corrected chi connectivity index (χ2v) is 5.72. The Balaban J connectivity index is 2.18. The molecule has 0 aliphatic carbocycles. The lowest BCUT2D eigenvalue weighted by molar-refractivity contribution is -0.115. The molecule has 1 aromatic heterocycles. The number of anilines is 1. The first kappa shape index (κ1) is 17.5. The molecule has 2 aromatic rings. The van der Waals surface area contributed by atoms with Crippen LogP contribution in [-0.2, 0) is 11.2 Å². The van der Waals surface area contributed by atoms with Gasteiger partial charge >= 0.3 is 5.97 Å². The topological polar surface area (TPSA) is 88.5 Å². The average molecular weight is 328 g/mol. The number of carbonyl (C=O) groups excluding carboxylic acids is 1. The zero-order valence-electron chi connectivity index (χ0n) is 13.9. The van der Waals surface area contributed by atoms with Gasteiger partial charge in [0.15, 0.2) is 0 Å². The van der Waals surface area contributed by atoms with Crippen LogP contribution in [0.5, 0.6) is 5.75 Å². The first-order valence-corrected chi connectivity index (χ1v) is 7.60. The van der Waals surface area contributed by atoms with Gasteiger partial charge < -0.3 is 15.2 Å². The third-order valence-corrected chi connectivity index (χ3v) is 3.20. The minimum atomic E-state index is -1.07. The summed E-state index contributed by atoms with van der Waals surface area (Å²) in [5.74, 6) is -0.897. The molecule has 0 fully saturated rings. The molecule has 1 heterocycles. The molecule has 0 aliphatic rings. The zero-order valence-corrected chi connectivity index (χ0v) is 13.9. The molecule has 1 amide bonds. The van der Waals surface area contributed by atoms with E-state index in [2.05, 4.69) is 10.3 Å². The van der Waals surface area contributed by atoms with Gasteiger partial charge in [0.1, 0.15) is 5.75 Å². The monoisotopic (exact) mass is 328 g/mol.